The maximum absolute atomic E-state index is 11.6. The zero-order valence-electron chi connectivity index (χ0n) is 13.6. The monoisotopic (exact) mass is 311 g/mol. The van der Waals surface area contributed by atoms with E-state index in [1.807, 2.05) is 63.2 Å². The molecule has 23 heavy (non-hydrogen) atoms. The van der Waals surface area contributed by atoms with E-state index in [-0.39, 0.29) is 0 Å². The highest BCUT2D eigenvalue weighted by Gasteiger charge is 2.15. The predicted molar refractivity (Wildman–Crippen MR) is 90.3 cm³/mol. The Hall–Kier alpha value is -2.62. The van der Waals surface area contributed by atoms with Crippen molar-refractivity contribution in [3.63, 3.8) is 0 Å². The summed E-state index contributed by atoms with van der Waals surface area (Å²) in [5.74, 6) is 0. The van der Waals surface area contributed by atoms with E-state index < -0.39 is 11.7 Å². The Morgan fingerprint density at radius 1 is 1.09 bits per heavy atom. The fourth-order valence-electron chi connectivity index (χ4n) is 2.09. The molecule has 0 heterocycles. The molecule has 2 aromatic carbocycles. The van der Waals surface area contributed by atoms with E-state index in [4.69, 9.17) is 4.74 Å². The van der Waals surface area contributed by atoms with Gasteiger partial charge in [0.1, 0.15) is 11.9 Å². The van der Waals surface area contributed by atoms with Crippen LogP contribution in [0.25, 0.3) is 11.1 Å². The lowest BCUT2D eigenvalue weighted by Crippen LogP contribution is -2.32. The van der Waals surface area contributed by atoms with Crippen molar-refractivity contribution in [2.45, 2.75) is 32.9 Å². The van der Waals surface area contributed by atoms with Gasteiger partial charge >= 0.3 is 6.09 Å². The summed E-state index contributed by atoms with van der Waals surface area (Å²) in [5, 5.41) is 2.73. The lowest BCUT2D eigenvalue weighted by molar-refractivity contribution is 0.0523. The number of carbonyl (C=O) groups excluding carboxylic acids is 2. The minimum absolute atomic E-state index is 0.406. The van der Waals surface area contributed by atoms with Gasteiger partial charge in [0.05, 0.1) is 0 Å². The van der Waals surface area contributed by atoms with Gasteiger partial charge in [-0.15, -0.1) is 0 Å². The minimum Gasteiger partial charge on any atom is -0.444 e. The van der Waals surface area contributed by atoms with E-state index in [1.54, 1.807) is 6.07 Å². The Morgan fingerprint density at radius 2 is 1.78 bits per heavy atom. The second-order valence-corrected chi connectivity index (χ2v) is 6.30. The molecular formula is C19H21NO3. The number of benzene rings is 2. The number of aldehydes is 1. The summed E-state index contributed by atoms with van der Waals surface area (Å²) in [5.41, 5.74) is 3.14. The molecule has 120 valence electrons. The molecule has 0 radical (unpaired) electrons. The summed E-state index contributed by atoms with van der Waals surface area (Å²) >= 11 is 0. The van der Waals surface area contributed by atoms with E-state index >= 15 is 0 Å². The molecule has 0 atom stereocenters. The summed E-state index contributed by atoms with van der Waals surface area (Å²) in [6, 6.07) is 15.3. The number of carbonyl (C=O) groups is 2. The molecule has 0 saturated heterocycles. The Bertz CT molecular complexity index is 685. The van der Waals surface area contributed by atoms with E-state index in [0.29, 0.717) is 12.1 Å². The van der Waals surface area contributed by atoms with E-state index in [9.17, 15) is 9.59 Å². The molecule has 0 aliphatic carbocycles. The van der Waals surface area contributed by atoms with Gasteiger partial charge in [-0.05, 0) is 43.5 Å². The second-order valence-electron chi connectivity index (χ2n) is 6.30. The van der Waals surface area contributed by atoms with Crippen molar-refractivity contribution in [2.24, 2.45) is 0 Å². The number of ether oxygens (including phenoxy) is 1. The van der Waals surface area contributed by atoms with Gasteiger partial charge in [-0.25, -0.2) is 4.79 Å². The number of hydrogen-bond acceptors (Lipinski definition) is 3. The van der Waals surface area contributed by atoms with Crippen molar-refractivity contribution in [2.75, 3.05) is 0 Å². The van der Waals surface area contributed by atoms with Crippen LogP contribution < -0.4 is 5.32 Å². The van der Waals surface area contributed by atoms with Gasteiger partial charge in [0.25, 0.3) is 0 Å². The van der Waals surface area contributed by atoms with Gasteiger partial charge < -0.3 is 10.1 Å². The molecule has 1 N–H and O–H groups in total. The Kier molecular flexibility index (Phi) is 5.16. The van der Waals surface area contributed by atoms with Crippen LogP contribution in [0.4, 0.5) is 4.79 Å². The van der Waals surface area contributed by atoms with Crippen LogP contribution in [0.1, 0.15) is 36.7 Å². The first-order chi connectivity index (χ1) is 10.9. The first-order valence-corrected chi connectivity index (χ1v) is 7.49. The molecule has 0 fully saturated rings. The average Bonchev–Trinajstić information content (AvgIpc) is 2.52. The molecule has 0 unspecified atom stereocenters. The zero-order chi connectivity index (χ0) is 16.9. The van der Waals surface area contributed by atoms with Crippen molar-refractivity contribution >= 4 is 12.4 Å². The Morgan fingerprint density at radius 3 is 2.39 bits per heavy atom. The highest BCUT2D eigenvalue weighted by Crippen LogP contribution is 2.20. The van der Waals surface area contributed by atoms with Crippen LogP contribution in [0, 0.1) is 0 Å². The molecule has 0 aliphatic heterocycles. The number of amides is 1. The van der Waals surface area contributed by atoms with Crippen molar-refractivity contribution in [1.82, 2.24) is 5.32 Å². The quantitative estimate of drug-likeness (QED) is 0.861. The Balaban J connectivity index is 1.99. The van der Waals surface area contributed by atoms with Crippen LogP contribution in [0.15, 0.2) is 48.5 Å². The molecule has 0 aliphatic rings. The molecular weight excluding hydrogens is 290 g/mol. The maximum atomic E-state index is 11.6. The van der Waals surface area contributed by atoms with Crippen molar-refractivity contribution < 1.29 is 14.3 Å². The highest BCUT2D eigenvalue weighted by atomic mass is 16.6. The Labute approximate surface area is 136 Å². The largest absolute Gasteiger partial charge is 0.444 e. The normalized spacial score (nSPS) is 10.9. The molecule has 0 aromatic heterocycles. The van der Waals surface area contributed by atoms with Crippen molar-refractivity contribution in [3.8, 4) is 11.1 Å². The van der Waals surface area contributed by atoms with E-state index in [0.717, 1.165) is 23.0 Å². The smallest absolute Gasteiger partial charge is 0.407 e. The van der Waals surface area contributed by atoms with Gasteiger partial charge in [0, 0.05) is 12.1 Å². The maximum Gasteiger partial charge on any atom is 0.407 e. The number of nitrogens with one attached hydrogen (secondary N) is 1. The van der Waals surface area contributed by atoms with Gasteiger partial charge in [-0.3, -0.25) is 4.79 Å². The van der Waals surface area contributed by atoms with Gasteiger partial charge in [0.2, 0.25) is 0 Å². The summed E-state index contributed by atoms with van der Waals surface area (Å²) in [6.45, 7) is 5.89. The van der Waals surface area contributed by atoms with Gasteiger partial charge in [-0.1, -0.05) is 42.5 Å². The summed E-state index contributed by atoms with van der Waals surface area (Å²) < 4.78 is 5.19. The molecule has 2 aromatic rings. The first kappa shape index (κ1) is 16.7. The molecule has 4 heteroatoms. The highest BCUT2D eigenvalue weighted by molar-refractivity contribution is 5.78. The van der Waals surface area contributed by atoms with Crippen LogP contribution in [-0.4, -0.2) is 18.0 Å². The topological polar surface area (TPSA) is 55.4 Å². The fraction of sp³-hybridized carbons (Fsp3) is 0.263. The molecule has 0 spiro atoms. The van der Waals surface area contributed by atoms with Crippen LogP contribution in [0.3, 0.4) is 0 Å². The van der Waals surface area contributed by atoms with Crippen LogP contribution in [0.2, 0.25) is 0 Å². The lowest BCUT2D eigenvalue weighted by Gasteiger charge is -2.19. The number of rotatable bonds is 4. The second kappa shape index (κ2) is 7.09. The third kappa shape index (κ3) is 5.25. The summed E-state index contributed by atoms with van der Waals surface area (Å²) in [7, 11) is 0. The average molecular weight is 311 g/mol. The molecule has 0 saturated carbocycles. The van der Waals surface area contributed by atoms with Gasteiger partial charge in [-0.2, -0.15) is 0 Å². The molecule has 2 rings (SSSR count). The molecule has 0 bridgehead atoms. The summed E-state index contributed by atoms with van der Waals surface area (Å²) in [4.78, 5) is 22.5. The standard InChI is InChI=1S/C19H21NO3/c1-19(2,3)23-18(22)20-12-14-7-9-16(10-8-14)17-6-4-5-15(11-17)13-21/h4-11,13H,12H2,1-3H3,(H,20,22). The number of alkyl carbamates (subject to hydrolysis) is 1. The number of hydrogen-bond donors (Lipinski definition) is 1. The molecule has 1 amide bonds. The molecule has 4 nitrogen and oxygen atoms in total. The van der Waals surface area contributed by atoms with E-state index in [2.05, 4.69) is 5.32 Å². The fourth-order valence-corrected chi connectivity index (χ4v) is 2.09. The summed E-state index contributed by atoms with van der Waals surface area (Å²) in [6.07, 6.45) is 0.406. The SMILES string of the molecule is CC(C)(C)OC(=O)NCc1ccc(-c2cccc(C=O)c2)cc1. The third-order valence-electron chi connectivity index (χ3n) is 3.15. The first-order valence-electron chi connectivity index (χ1n) is 7.49. The third-order valence-corrected chi connectivity index (χ3v) is 3.15. The van der Waals surface area contributed by atoms with Gasteiger partial charge in [0.15, 0.2) is 0 Å². The van der Waals surface area contributed by atoms with Crippen LogP contribution in [0.5, 0.6) is 0 Å². The zero-order valence-corrected chi connectivity index (χ0v) is 13.6. The lowest BCUT2D eigenvalue weighted by atomic mass is 10.0. The van der Waals surface area contributed by atoms with Crippen molar-refractivity contribution in [3.05, 3.63) is 59.7 Å². The van der Waals surface area contributed by atoms with Crippen LogP contribution in [-0.2, 0) is 11.3 Å². The van der Waals surface area contributed by atoms with Crippen LogP contribution >= 0.6 is 0 Å². The van der Waals surface area contributed by atoms with E-state index in [1.165, 1.54) is 0 Å². The van der Waals surface area contributed by atoms with Crippen molar-refractivity contribution in [1.29, 1.82) is 0 Å². The predicted octanol–water partition coefficient (Wildman–Crippen LogP) is 4.19. The minimum atomic E-state index is -0.502.